The van der Waals surface area contributed by atoms with Crippen LogP contribution < -0.4 is 5.32 Å². The summed E-state index contributed by atoms with van der Waals surface area (Å²) in [6.45, 7) is 6.20. The van der Waals surface area contributed by atoms with E-state index in [0.29, 0.717) is 6.04 Å². The van der Waals surface area contributed by atoms with Crippen molar-refractivity contribution in [2.75, 3.05) is 0 Å². The lowest BCUT2D eigenvalue weighted by Crippen LogP contribution is -2.26. The van der Waals surface area contributed by atoms with Gasteiger partial charge in [-0.25, -0.2) is 4.98 Å². The highest BCUT2D eigenvalue weighted by Crippen LogP contribution is 2.20. The summed E-state index contributed by atoms with van der Waals surface area (Å²) >= 11 is 0. The molecule has 1 aliphatic carbocycles. The zero-order chi connectivity index (χ0) is 13.2. The van der Waals surface area contributed by atoms with Crippen LogP contribution in [0, 0.1) is 6.92 Å². The standard InChI is InChI=1S/C16H23N3/c1-3-19-15-9-8-12(2)10-14(15)18-16(19)11-17-13-6-4-5-7-13/h8-10,13,17H,3-7,11H2,1-2H3. The van der Waals surface area contributed by atoms with Gasteiger partial charge in [0, 0.05) is 12.6 Å². The molecule has 0 aliphatic heterocycles. The van der Waals surface area contributed by atoms with Gasteiger partial charge in [0.2, 0.25) is 0 Å². The summed E-state index contributed by atoms with van der Waals surface area (Å²) in [7, 11) is 0. The van der Waals surface area contributed by atoms with E-state index in [1.165, 1.54) is 42.6 Å². The molecule has 1 saturated carbocycles. The van der Waals surface area contributed by atoms with Gasteiger partial charge in [-0.3, -0.25) is 0 Å². The van der Waals surface area contributed by atoms with E-state index >= 15 is 0 Å². The van der Waals surface area contributed by atoms with Gasteiger partial charge >= 0.3 is 0 Å². The summed E-state index contributed by atoms with van der Waals surface area (Å²) < 4.78 is 2.33. The minimum absolute atomic E-state index is 0.701. The van der Waals surface area contributed by atoms with Crippen molar-refractivity contribution >= 4 is 11.0 Å². The number of benzene rings is 1. The van der Waals surface area contributed by atoms with Crippen molar-refractivity contribution in [1.29, 1.82) is 0 Å². The third kappa shape index (κ3) is 2.52. The lowest BCUT2D eigenvalue weighted by Gasteiger charge is -2.12. The van der Waals surface area contributed by atoms with Crippen molar-refractivity contribution in [3.63, 3.8) is 0 Å². The van der Waals surface area contributed by atoms with Crippen LogP contribution in [-0.2, 0) is 13.1 Å². The molecule has 0 unspecified atom stereocenters. The Balaban J connectivity index is 1.84. The van der Waals surface area contributed by atoms with Crippen molar-refractivity contribution in [3.8, 4) is 0 Å². The van der Waals surface area contributed by atoms with Gasteiger partial charge in [0.15, 0.2) is 0 Å². The Labute approximate surface area is 115 Å². The molecule has 102 valence electrons. The first-order valence-electron chi connectivity index (χ1n) is 7.47. The smallest absolute Gasteiger partial charge is 0.123 e. The highest BCUT2D eigenvalue weighted by Gasteiger charge is 2.16. The quantitative estimate of drug-likeness (QED) is 0.909. The number of hydrogen-bond acceptors (Lipinski definition) is 2. The largest absolute Gasteiger partial charge is 0.327 e. The Kier molecular flexibility index (Phi) is 3.56. The molecule has 0 amide bonds. The minimum atomic E-state index is 0.701. The summed E-state index contributed by atoms with van der Waals surface area (Å²) in [5.74, 6) is 1.18. The van der Waals surface area contributed by atoms with Crippen LogP contribution in [0.2, 0.25) is 0 Å². The number of aryl methyl sites for hydroxylation is 2. The lowest BCUT2D eigenvalue weighted by atomic mass is 10.2. The Bertz CT molecular complexity index is 565. The van der Waals surface area contributed by atoms with Gasteiger partial charge in [-0.2, -0.15) is 0 Å². The van der Waals surface area contributed by atoms with Crippen molar-refractivity contribution in [1.82, 2.24) is 14.9 Å². The van der Waals surface area contributed by atoms with Crippen LogP contribution in [0.15, 0.2) is 18.2 Å². The van der Waals surface area contributed by atoms with Gasteiger partial charge in [-0.05, 0) is 44.4 Å². The van der Waals surface area contributed by atoms with Crippen LogP contribution >= 0.6 is 0 Å². The summed E-state index contributed by atoms with van der Waals surface area (Å²) in [5.41, 5.74) is 3.67. The molecule has 1 heterocycles. The number of hydrogen-bond donors (Lipinski definition) is 1. The summed E-state index contributed by atoms with van der Waals surface area (Å²) in [6.07, 6.45) is 5.40. The number of imidazole rings is 1. The first-order valence-corrected chi connectivity index (χ1v) is 7.47. The molecule has 1 aliphatic rings. The summed E-state index contributed by atoms with van der Waals surface area (Å²) in [4.78, 5) is 4.81. The second-order valence-corrected chi connectivity index (χ2v) is 5.63. The van der Waals surface area contributed by atoms with Crippen LogP contribution in [0.3, 0.4) is 0 Å². The molecule has 0 atom stereocenters. The summed E-state index contributed by atoms with van der Waals surface area (Å²) in [5, 5.41) is 3.66. The van der Waals surface area contributed by atoms with E-state index in [-0.39, 0.29) is 0 Å². The Morgan fingerprint density at radius 3 is 2.84 bits per heavy atom. The number of rotatable bonds is 4. The second kappa shape index (κ2) is 5.33. The molecule has 1 fully saturated rings. The average molecular weight is 257 g/mol. The number of nitrogens with zero attached hydrogens (tertiary/aromatic N) is 2. The molecule has 3 heteroatoms. The van der Waals surface area contributed by atoms with Crippen molar-refractivity contribution in [2.45, 2.75) is 58.7 Å². The third-order valence-corrected chi connectivity index (χ3v) is 4.20. The summed E-state index contributed by atoms with van der Waals surface area (Å²) in [6, 6.07) is 7.25. The van der Waals surface area contributed by atoms with Crippen molar-refractivity contribution < 1.29 is 0 Å². The van der Waals surface area contributed by atoms with Crippen LogP contribution in [0.25, 0.3) is 11.0 Å². The van der Waals surface area contributed by atoms with Crippen LogP contribution in [-0.4, -0.2) is 15.6 Å². The monoisotopic (exact) mass is 257 g/mol. The van der Waals surface area contributed by atoms with E-state index in [2.05, 4.69) is 41.9 Å². The van der Waals surface area contributed by atoms with Crippen LogP contribution in [0.5, 0.6) is 0 Å². The highest BCUT2D eigenvalue weighted by atomic mass is 15.1. The minimum Gasteiger partial charge on any atom is -0.327 e. The number of fused-ring (bicyclic) bond motifs is 1. The zero-order valence-electron chi connectivity index (χ0n) is 11.9. The van der Waals surface area contributed by atoms with Crippen molar-refractivity contribution in [2.24, 2.45) is 0 Å². The Morgan fingerprint density at radius 1 is 1.32 bits per heavy atom. The lowest BCUT2D eigenvalue weighted by molar-refractivity contribution is 0.504. The molecule has 1 N–H and O–H groups in total. The predicted octanol–water partition coefficient (Wildman–Crippen LogP) is 3.40. The molecule has 0 bridgehead atoms. The predicted molar refractivity (Wildman–Crippen MR) is 79.2 cm³/mol. The molecular weight excluding hydrogens is 234 g/mol. The first-order chi connectivity index (χ1) is 9.28. The van der Waals surface area contributed by atoms with E-state index in [4.69, 9.17) is 4.98 Å². The van der Waals surface area contributed by atoms with Crippen LogP contribution in [0.4, 0.5) is 0 Å². The molecule has 1 aromatic carbocycles. The van der Waals surface area contributed by atoms with Crippen molar-refractivity contribution in [3.05, 3.63) is 29.6 Å². The van der Waals surface area contributed by atoms with E-state index in [9.17, 15) is 0 Å². The molecule has 1 aromatic heterocycles. The highest BCUT2D eigenvalue weighted by molar-refractivity contribution is 5.76. The molecular formula is C16H23N3. The van der Waals surface area contributed by atoms with E-state index in [1.54, 1.807) is 0 Å². The first kappa shape index (κ1) is 12.7. The Hall–Kier alpha value is -1.35. The number of nitrogens with one attached hydrogen (secondary N) is 1. The van der Waals surface area contributed by atoms with Gasteiger partial charge < -0.3 is 9.88 Å². The fourth-order valence-corrected chi connectivity index (χ4v) is 3.14. The fourth-order valence-electron chi connectivity index (χ4n) is 3.14. The van der Waals surface area contributed by atoms with Gasteiger partial charge in [0.25, 0.3) is 0 Å². The average Bonchev–Trinajstić information content (AvgIpc) is 3.02. The second-order valence-electron chi connectivity index (χ2n) is 5.63. The van der Waals surface area contributed by atoms with Gasteiger partial charge in [-0.1, -0.05) is 18.9 Å². The van der Waals surface area contributed by atoms with Gasteiger partial charge in [-0.15, -0.1) is 0 Å². The van der Waals surface area contributed by atoms with Gasteiger partial charge in [0.1, 0.15) is 5.82 Å². The van der Waals surface area contributed by atoms with E-state index in [1.807, 2.05) is 0 Å². The molecule has 2 aromatic rings. The molecule has 0 spiro atoms. The fraction of sp³-hybridized carbons (Fsp3) is 0.562. The molecule has 19 heavy (non-hydrogen) atoms. The Morgan fingerprint density at radius 2 is 2.11 bits per heavy atom. The molecule has 0 saturated heterocycles. The zero-order valence-corrected chi connectivity index (χ0v) is 11.9. The number of aromatic nitrogens is 2. The normalized spacial score (nSPS) is 16.5. The third-order valence-electron chi connectivity index (χ3n) is 4.20. The SMILES string of the molecule is CCn1c(CNC2CCCC2)nc2cc(C)ccc21. The molecule has 3 nitrogen and oxygen atoms in total. The van der Waals surface area contributed by atoms with E-state index < -0.39 is 0 Å². The molecule has 3 rings (SSSR count). The maximum atomic E-state index is 4.81. The molecule has 0 radical (unpaired) electrons. The van der Waals surface area contributed by atoms with Crippen LogP contribution in [0.1, 0.15) is 44.0 Å². The van der Waals surface area contributed by atoms with E-state index in [0.717, 1.165) is 18.6 Å². The van der Waals surface area contributed by atoms with Gasteiger partial charge in [0.05, 0.1) is 17.6 Å². The maximum absolute atomic E-state index is 4.81. The maximum Gasteiger partial charge on any atom is 0.123 e. The topological polar surface area (TPSA) is 29.9 Å².